The van der Waals surface area contributed by atoms with E-state index in [0.717, 1.165) is 65.8 Å². The van der Waals surface area contributed by atoms with E-state index in [1.54, 1.807) is 48.4 Å². The van der Waals surface area contributed by atoms with E-state index >= 15 is 0 Å². The fourth-order valence-corrected chi connectivity index (χ4v) is 5.52. The zero-order valence-corrected chi connectivity index (χ0v) is 28.6. The second kappa shape index (κ2) is 17.7. The van der Waals surface area contributed by atoms with Crippen LogP contribution in [0.15, 0.2) is 74.7 Å². The molecule has 4 amide bonds. The molecular weight excluding hydrogens is 630 g/mol. The minimum Gasteiger partial charge on any atom is -0.488 e. The molecule has 0 saturated heterocycles. The molecule has 1 aliphatic heterocycles. The Bertz CT molecular complexity index is 1620. The van der Waals surface area contributed by atoms with Gasteiger partial charge in [0.05, 0.1) is 48.9 Å². The van der Waals surface area contributed by atoms with Crippen molar-refractivity contribution in [3.05, 3.63) is 77.2 Å². The van der Waals surface area contributed by atoms with Crippen molar-refractivity contribution in [1.29, 1.82) is 0 Å². The van der Waals surface area contributed by atoms with Crippen molar-refractivity contribution < 1.29 is 37.8 Å². The summed E-state index contributed by atoms with van der Waals surface area (Å²) < 4.78 is 20.1. The molecule has 0 radical (unpaired) electrons. The molecule has 1 aromatic heterocycles. The van der Waals surface area contributed by atoms with Crippen molar-refractivity contribution in [2.75, 3.05) is 18.1 Å². The Labute approximate surface area is 285 Å². The molecule has 0 spiro atoms. The van der Waals surface area contributed by atoms with Crippen LogP contribution < -0.4 is 9.64 Å². The molecule has 3 aromatic rings. The first-order valence-corrected chi connectivity index (χ1v) is 16.5. The standard InChI is InChI=1S/C30H33N3O4.C6H10N2O4/c1-20(2)33-30(35)32(25-11-9-22(17-34)10-12-25)27-15-21(3)28(37-19-23-13-14-36-18-23)16-26(27)29(31-33)24-7-5-4-6-8-24;1-3-11-5(9)7-8-6(10)12-4-2/h9-18,20,24H,4-8,19H2,1-3H3;3-4H2,1-2H3. The second-order valence-electron chi connectivity index (χ2n) is 11.7. The van der Waals surface area contributed by atoms with Gasteiger partial charge in [0.25, 0.3) is 0 Å². The summed E-state index contributed by atoms with van der Waals surface area (Å²) in [7, 11) is 0. The third kappa shape index (κ3) is 9.62. The summed E-state index contributed by atoms with van der Waals surface area (Å²) in [6.45, 7) is 9.98. The number of amides is 4. The molecule has 2 heterocycles. The van der Waals surface area contributed by atoms with Crippen LogP contribution in [-0.4, -0.2) is 54.5 Å². The quantitative estimate of drug-likeness (QED) is 0.161. The number of hydrogen-bond donors (Lipinski definition) is 0. The highest BCUT2D eigenvalue weighted by molar-refractivity contribution is 6.14. The first kappa shape index (κ1) is 36.5. The number of urea groups is 1. The van der Waals surface area contributed by atoms with Crippen molar-refractivity contribution >= 4 is 41.6 Å². The maximum atomic E-state index is 14.0. The Morgan fingerprint density at radius 2 is 1.65 bits per heavy atom. The van der Waals surface area contributed by atoms with Crippen LogP contribution in [-0.2, 0) is 16.1 Å². The van der Waals surface area contributed by atoms with Crippen LogP contribution in [0.25, 0.3) is 0 Å². The van der Waals surface area contributed by atoms with Gasteiger partial charge in [-0.2, -0.15) is 5.10 Å². The average molecular weight is 674 g/mol. The van der Waals surface area contributed by atoms with Gasteiger partial charge >= 0.3 is 18.2 Å². The fraction of sp³-hybridized carbons (Fsp3) is 0.417. The molecule has 0 N–H and O–H groups in total. The van der Waals surface area contributed by atoms with E-state index in [1.165, 1.54) is 6.42 Å². The van der Waals surface area contributed by atoms with E-state index < -0.39 is 12.2 Å². The number of aryl methyl sites for hydroxylation is 1. The Kier molecular flexibility index (Phi) is 13.2. The van der Waals surface area contributed by atoms with E-state index in [9.17, 15) is 19.2 Å². The Morgan fingerprint density at radius 1 is 1.00 bits per heavy atom. The minimum atomic E-state index is -0.898. The van der Waals surface area contributed by atoms with E-state index in [2.05, 4.69) is 19.7 Å². The molecule has 2 aliphatic rings. The molecule has 1 saturated carbocycles. The van der Waals surface area contributed by atoms with Crippen LogP contribution in [0.4, 0.5) is 25.8 Å². The monoisotopic (exact) mass is 673 g/mol. The van der Waals surface area contributed by atoms with Crippen molar-refractivity contribution in [2.45, 2.75) is 79.4 Å². The van der Waals surface area contributed by atoms with E-state index in [4.69, 9.17) is 14.3 Å². The van der Waals surface area contributed by atoms with Crippen LogP contribution in [0.5, 0.6) is 5.75 Å². The minimum absolute atomic E-state index is 0.130. The Balaban J connectivity index is 0.000000386. The number of hydrazone groups is 1. The maximum absolute atomic E-state index is 14.0. The SMILES string of the molecule is CCOC(=O)N=NC(=O)OCC.Cc1cc2c(cc1OCc1ccoc1)C(C1CCCCC1)=NN(C(C)C)C(=O)N2c1ccc(C=O)cc1. The predicted molar refractivity (Wildman–Crippen MR) is 183 cm³/mol. The van der Waals surface area contributed by atoms with Crippen LogP contribution in [0.1, 0.15) is 86.8 Å². The smallest absolute Gasteiger partial charge is 0.452 e. The molecule has 0 atom stereocenters. The van der Waals surface area contributed by atoms with E-state index in [1.807, 2.05) is 51.1 Å². The molecule has 0 bridgehead atoms. The lowest BCUT2D eigenvalue weighted by molar-refractivity contribution is 0.112. The normalized spacial score (nSPS) is 14.8. The van der Waals surface area contributed by atoms with Crippen LogP contribution >= 0.6 is 0 Å². The molecule has 260 valence electrons. The Hall–Kier alpha value is -5.33. The van der Waals surface area contributed by atoms with Gasteiger partial charge in [0, 0.05) is 22.6 Å². The van der Waals surface area contributed by atoms with Crippen LogP contribution in [0, 0.1) is 12.8 Å². The third-order valence-electron chi connectivity index (χ3n) is 7.90. The van der Waals surface area contributed by atoms with Gasteiger partial charge in [-0.3, -0.25) is 9.69 Å². The predicted octanol–water partition coefficient (Wildman–Crippen LogP) is 9.00. The van der Waals surface area contributed by atoms with Gasteiger partial charge in [-0.05, 0) is 95.5 Å². The summed E-state index contributed by atoms with van der Waals surface area (Å²) >= 11 is 0. The maximum Gasteiger partial charge on any atom is 0.452 e. The molecule has 2 aromatic carbocycles. The van der Waals surface area contributed by atoms with Gasteiger partial charge in [-0.15, -0.1) is 0 Å². The number of aldehydes is 1. The molecular formula is C36H43N5O8. The van der Waals surface area contributed by atoms with Crippen molar-refractivity contribution in [2.24, 2.45) is 21.2 Å². The highest BCUT2D eigenvalue weighted by Gasteiger charge is 2.36. The molecule has 5 rings (SSSR count). The summed E-state index contributed by atoms with van der Waals surface area (Å²) in [5.74, 6) is 1.02. The summed E-state index contributed by atoms with van der Waals surface area (Å²) in [4.78, 5) is 48.0. The van der Waals surface area contributed by atoms with Crippen molar-refractivity contribution in [1.82, 2.24) is 5.01 Å². The second-order valence-corrected chi connectivity index (χ2v) is 11.7. The number of furan rings is 1. The molecule has 49 heavy (non-hydrogen) atoms. The van der Waals surface area contributed by atoms with Crippen molar-refractivity contribution in [3.63, 3.8) is 0 Å². The topological polar surface area (TPSA) is 153 Å². The highest BCUT2D eigenvalue weighted by Crippen LogP contribution is 2.41. The summed E-state index contributed by atoms with van der Waals surface area (Å²) in [5, 5.41) is 12.5. The largest absolute Gasteiger partial charge is 0.488 e. The van der Waals surface area contributed by atoms with Gasteiger partial charge in [0.15, 0.2) is 0 Å². The van der Waals surface area contributed by atoms with Gasteiger partial charge in [-0.1, -0.05) is 29.5 Å². The number of rotatable bonds is 9. The molecule has 1 aliphatic carbocycles. The lowest BCUT2D eigenvalue weighted by atomic mass is 9.82. The number of benzene rings is 2. The lowest BCUT2D eigenvalue weighted by Crippen LogP contribution is -2.41. The molecule has 0 unspecified atom stereocenters. The summed E-state index contributed by atoms with van der Waals surface area (Å²) in [6.07, 6.45) is 7.95. The van der Waals surface area contributed by atoms with Gasteiger partial charge in [-0.25, -0.2) is 19.4 Å². The fourth-order valence-electron chi connectivity index (χ4n) is 5.52. The molecule has 13 nitrogen and oxygen atoms in total. The van der Waals surface area contributed by atoms with Crippen LogP contribution in [0.2, 0.25) is 0 Å². The number of azo groups is 1. The van der Waals surface area contributed by atoms with Crippen LogP contribution in [0.3, 0.4) is 0 Å². The van der Waals surface area contributed by atoms with Gasteiger partial charge in [0.2, 0.25) is 0 Å². The zero-order valence-electron chi connectivity index (χ0n) is 28.6. The number of carbonyl (C=O) groups excluding carboxylic acids is 4. The number of fused-ring (bicyclic) bond motifs is 1. The highest BCUT2D eigenvalue weighted by atomic mass is 16.6. The number of anilines is 2. The lowest BCUT2D eigenvalue weighted by Gasteiger charge is -2.29. The summed E-state index contributed by atoms with van der Waals surface area (Å²) in [6, 6.07) is 12.7. The third-order valence-corrected chi connectivity index (χ3v) is 7.90. The first-order valence-electron chi connectivity index (χ1n) is 16.5. The first-order chi connectivity index (χ1) is 23.7. The number of carbonyl (C=O) groups is 4. The van der Waals surface area contributed by atoms with E-state index in [-0.39, 0.29) is 31.2 Å². The Morgan fingerprint density at radius 3 is 2.20 bits per heavy atom. The summed E-state index contributed by atoms with van der Waals surface area (Å²) in [5.41, 5.74) is 5.76. The number of ether oxygens (including phenoxy) is 3. The zero-order chi connectivity index (χ0) is 35.3. The van der Waals surface area contributed by atoms with Gasteiger partial charge in [0.1, 0.15) is 18.6 Å². The molecule has 13 heteroatoms. The van der Waals surface area contributed by atoms with E-state index in [0.29, 0.717) is 17.9 Å². The molecule has 1 fully saturated rings. The van der Waals surface area contributed by atoms with Crippen molar-refractivity contribution in [3.8, 4) is 5.75 Å². The average Bonchev–Trinajstić information content (AvgIpc) is 3.59. The number of nitrogens with zero attached hydrogens (tertiary/aromatic N) is 5. The number of hydrogen-bond acceptors (Lipinski definition) is 9. The van der Waals surface area contributed by atoms with Gasteiger partial charge < -0.3 is 18.6 Å².